The zero-order valence-corrected chi connectivity index (χ0v) is 13.4. The van der Waals surface area contributed by atoms with Gasteiger partial charge in [-0.1, -0.05) is 43.1 Å². The molecule has 5 nitrogen and oxygen atoms in total. The van der Waals surface area contributed by atoms with Crippen LogP contribution in [0.25, 0.3) is 0 Å². The molecule has 0 radical (unpaired) electrons. The molecule has 0 aliphatic carbocycles. The Morgan fingerprint density at radius 2 is 2.19 bits per heavy atom. The van der Waals surface area contributed by atoms with Crippen molar-refractivity contribution in [2.24, 2.45) is 0 Å². The summed E-state index contributed by atoms with van der Waals surface area (Å²) in [5.74, 6) is 0.482. The molecular weight excluding hydrogens is 306 g/mol. The van der Waals surface area contributed by atoms with E-state index in [-0.39, 0.29) is 0 Å². The van der Waals surface area contributed by atoms with Crippen molar-refractivity contribution in [2.75, 3.05) is 11.9 Å². The van der Waals surface area contributed by atoms with E-state index in [0.29, 0.717) is 17.6 Å². The predicted octanol–water partition coefficient (Wildman–Crippen LogP) is 3.07. The molecule has 0 aliphatic rings. The molecule has 2 N–H and O–H groups in total. The fraction of sp³-hybridized carbons (Fsp3) is 0.357. The van der Waals surface area contributed by atoms with E-state index < -0.39 is 0 Å². The third-order valence-electron chi connectivity index (χ3n) is 2.87. The predicted molar refractivity (Wildman–Crippen MR) is 89.7 cm³/mol. The van der Waals surface area contributed by atoms with Gasteiger partial charge in [-0.05, 0) is 30.3 Å². The lowest BCUT2D eigenvalue weighted by Crippen LogP contribution is -2.29. The fourth-order valence-corrected chi connectivity index (χ4v) is 2.14. The average Bonchev–Trinajstić information content (AvgIpc) is 2.89. The molecule has 0 atom stereocenters. The highest BCUT2D eigenvalue weighted by atomic mass is 35.5. The Kier molecular flexibility index (Phi) is 5.95. The summed E-state index contributed by atoms with van der Waals surface area (Å²) < 4.78 is 1.72. The van der Waals surface area contributed by atoms with Crippen LogP contribution in [-0.2, 0) is 6.54 Å². The number of anilines is 1. The Morgan fingerprint density at radius 1 is 1.38 bits per heavy atom. The molecule has 1 aromatic carbocycles. The minimum absolute atomic E-state index is 0.482. The Balaban J connectivity index is 1.89. The maximum Gasteiger partial charge on any atom is 0.248 e. The SMILES string of the molecule is CCCCNC(=S)Nc1ncn(Cc2ccccc2Cl)n1. The van der Waals surface area contributed by atoms with Crippen LogP contribution in [0.2, 0.25) is 5.02 Å². The number of nitrogens with one attached hydrogen (secondary N) is 2. The third-order valence-corrected chi connectivity index (χ3v) is 3.48. The number of rotatable bonds is 6. The van der Waals surface area contributed by atoms with Gasteiger partial charge in [-0.25, -0.2) is 9.67 Å². The first-order valence-corrected chi connectivity index (χ1v) is 7.65. The number of hydrogen-bond donors (Lipinski definition) is 2. The van der Waals surface area contributed by atoms with E-state index in [2.05, 4.69) is 27.6 Å². The third kappa shape index (κ3) is 4.99. The second kappa shape index (κ2) is 7.95. The van der Waals surface area contributed by atoms with Crippen molar-refractivity contribution in [3.05, 3.63) is 41.2 Å². The van der Waals surface area contributed by atoms with Gasteiger partial charge in [0.15, 0.2) is 5.11 Å². The molecule has 21 heavy (non-hydrogen) atoms. The Labute approximate surface area is 134 Å². The van der Waals surface area contributed by atoms with Gasteiger partial charge >= 0.3 is 0 Å². The van der Waals surface area contributed by atoms with Gasteiger partial charge in [-0.2, -0.15) is 0 Å². The highest BCUT2D eigenvalue weighted by molar-refractivity contribution is 7.80. The molecule has 0 saturated heterocycles. The summed E-state index contributed by atoms with van der Waals surface area (Å²) >= 11 is 11.3. The molecule has 2 rings (SSSR count). The van der Waals surface area contributed by atoms with Crippen LogP contribution in [0.15, 0.2) is 30.6 Å². The van der Waals surface area contributed by atoms with E-state index in [1.165, 1.54) is 0 Å². The number of thiocarbonyl (C=S) groups is 1. The zero-order chi connectivity index (χ0) is 15.1. The normalized spacial score (nSPS) is 10.4. The van der Waals surface area contributed by atoms with Crippen molar-refractivity contribution in [3.8, 4) is 0 Å². The van der Waals surface area contributed by atoms with Gasteiger partial charge in [0.2, 0.25) is 5.95 Å². The fourth-order valence-electron chi connectivity index (χ4n) is 1.75. The van der Waals surface area contributed by atoms with Crippen molar-refractivity contribution >= 4 is 34.9 Å². The molecule has 0 saturated carbocycles. The summed E-state index contributed by atoms with van der Waals surface area (Å²) in [4.78, 5) is 4.18. The number of hydrogen-bond acceptors (Lipinski definition) is 3. The van der Waals surface area contributed by atoms with Gasteiger partial charge in [-0.3, -0.25) is 5.32 Å². The molecule has 0 spiro atoms. The van der Waals surface area contributed by atoms with E-state index in [1.54, 1.807) is 11.0 Å². The number of aromatic nitrogens is 3. The van der Waals surface area contributed by atoms with Gasteiger partial charge in [0, 0.05) is 11.6 Å². The lowest BCUT2D eigenvalue weighted by Gasteiger charge is -2.06. The lowest BCUT2D eigenvalue weighted by atomic mass is 10.2. The van der Waals surface area contributed by atoms with Crippen LogP contribution in [0.5, 0.6) is 0 Å². The van der Waals surface area contributed by atoms with Crippen molar-refractivity contribution in [1.29, 1.82) is 0 Å². The second-order valence-electron chi connectivity index (χ2n) is 4.59. The van der Waals surface area contributed by atoms with Crippen LogP contribution in [-0.4, -0.2) is 26.4 Å². The van der Waals surface area contributed by atoms with Crippen LogP contribution in [0.3, 0.4) is 0 Å². The van der Waals surface area contributed by atoms with E-state index in [1.807, 2.05) is 24.3 Å². The number of nitrogens with zero attached hydrogens (tertiary/aromatic N) is 3. The van der Waals surface area contributed by atoms with Crippen molar-refractivity contribution in [2.45, 2.75) is 26.3 Å². The molecule has 1 aromatic heterocycles. The first-order chi connectivity index (χ1) is 10.2. The van der Waals surface area contributed by atoms with E-state index in [0.717, 1.165) is 30.0 Å². The van der Waals surface area contributed by atoms with Gasteiger partial charge < -0.3 is 5.32 Å². The van der Waals surface area contributed by atoms with Gasteiger partial charge in [0.05, 0.1) is 6.54 Å². The molecule has 0 amide bonds. The maximum atomic E-state index is 6.13. The molecule has 0 aliphatic heterocycles. The monoisotopic (exact) mass is 323 g/mol. The molecule has 0 bridgehead atoms. The van der Waals surface area contributed by atoms with Crippen LogP contribution < -0.4 is 10.6 Å². The van der Waals surface area contributed by atoms with Crippen molar-refractivity contribution in [3.63, 3.8) is 0 Å². The molecule has 0 fully saturated rings. The van der Waals surface area contributed by atoms with Gasteiger partial charge in [0.25, 0.3) is 0 Å². The summed E-state index contributed by atoms with van der Waals surface area (Å²) in [6.07, 6.45) is 3.86. The lowest BCUT2D eigenvalue weighted by molar-refractivity contribution is 0.687. The smallest absolute Gasteiger partial charge is 0.248 e. The second-order valence-corrected chi connectivity index (χ2v) is 5.41. The van der Waals surface area contributed by atoms with Crippen LogP contribution >= 0.6 is 23.8 Å². The number of halogens is 1. The summed E-state index contributed by atoms with van der Waals surface area (Å²) in [6.45, 7) is 3.56. The highest BCUT2D eigenvalue weighted by Crippen LogP contribution is 2.15. The quantitative estimate of drug-likeness (QED) is 0.632. The summed E-state index contributed by atoms with van der Waals surface area (Å²) in [5.41, 5.74) is 0.999. The molecule has 7 heteroatoms. The molecule has 112 valence electrons. The van der Waals surface area contributed by atoms with Crippen LogP contribution in [0.4, 0.5) is 5.95 Å². The van der Waals surface area contributed by atoms with Crippen LogP contribution in [0.1, 0.15) is 25.3 Å². The summed E-state index contributed by atoms with van der Waals surface area (Å²) in [7, 11) is 0. The molecule has 1 heterocycles. The standard InChI is InChI=1S/C14H18ClN5S/c1-2-3-8-16-14(21)18-13-17-10-20(19-13)9-11-6-4-5-7-12(11)15/h4-7,10H,2-3,8-9H2,1H3,(H2,16,18,19,21). The molecular formula is C14H18ClN5S. The van der Waals surface area contributed by atoms with Gasteiger partial charge in [-0.15, -0.1) is 5.10 Å². The van der Waals surface area contributed by atoms with E-state index in [9.17, 15) is 0 Å². The zero-order valence-electron chi connectivity index (χ0n) is 11.8. The van der Waals surface area contributed by atoms with Gasteiger partial charge in [0.1, 0.15) is 6.33 Å². The minimum Gasteiger partial charge on any atom is -0.362 e. The van der Waals surface area contributed by atoms with Crippen molar-refractivity contribution in [1.82, 2.24) is 20.1 Å². The molecule has 2 aromatic rings. The summed E-state index contributed by atoms with van der Waals surface area (Å²) in [6, 6.07) is 7.68. The van der Waals surface area contributed by atoms with Crippen molar-refractivity contribution < 1.29 is 0 Å². The van der Waals surface area contributed by atoms with E-state index >= 15 is 0 Å². The first kappa shape index (κ1) is 15.7. The Bertz CT molecular complexity index is 599. The Hall–Kier alpha value is -1.66. The number of unbranched alkanes of at least 4 members (excludes halogenated alkanes) is 1. The maximum absolute atomic E-state index is 6.13. The van der Waals surface area contributed by atoms with E-state index in [4.69, 9.17) is 23.8 Å². The highest BCUT2D eigenvalue weighted by Gasteiger charge is 2.05. The first-order valence-electron chi connectivity index (χ1n) is 6.86. The molecule has 0 unspecified atom stereocenters. The van der Waals surface area contributed by atoms with Crippen LogP contribution in [0, 0.1) is 0 Å². The summed E-state index contributed by atoms with van der Waals surface area (Å²) in [5, 5.41) is 11.7. The average molecular weight is 324 g/mol. The topological polar surface area (TPSA) is 54.8 Å². The Morgan fingerprint density at radius 3 is 2.95 bits per heavy atom. The number of benzene rings is 1. The largest absolute Gasteiger partial charge is 0.362 e. The minimum atomic E-state index is 0.482.